The molecule has 1 saturated heterocycles. The molecule has 2 amide bonds. The topological polar surface area (TPSA) is 93.2 Å². The number of aromatic nitrogens is 2. The van der Waals surface area contributed by atoms with Gasteiger partial charge in [0.15, 0.2) is 5.69 Å². The molecule has 1 unspecified atom stereocenters. The number of hydrogen-bond acceptors (Lipinski definition) is 7. The summed E-state index contributed by atoms with van der Waals surface area (Å²) in [6, 6.07) is 0. The van der Waals surface area contributed by atoms with Gasteiger partial charge in [-0.05, 0) is 49.2 Å². The van der Waals surface area contributed by atoms with Crippen LogP contribution in [-0.2, 0) is 17.6 Å². The van der Waals surface area contributed by atoms with Crippen LogP contribution in [0.2, 0.25) is 0 Å². The molecule has 0 spiro atoms. The fourth-order valence-corrected chi connectivity index (χ4v) is 4.98. The summed E-state index contributed by atoms with van der Waals surface area (Å²) < 4.78 is 9.27. The molecule has 4 rings (SSSR count). The number of nitrogens with zero attached hydrogens (tertiary/aromatic N) is 2. The molecule has 3 heterocycles. The number of ether oxygens (including phenoxy) is 1. The Kier molecular flexibility index (Phi) is 4.78. The third-order valence-corrected chi connectivity index (χ3v) is 6.19. The predicted molar refractivity (Wildman–Crippen MR) is 95.5 cm³/mol. The molecular formula is C16H18N4O3S2. The highest BCUT2D eigenvalue weighted by Gasteiger charge is 2.28. The molecule has 2 N–H and O–H groups in total. The van der Waals surface area contributed by atoms with Crippen molar-refractivity contribution in [3.63, 3.8) is 0 Å². The van der Waals surface area contributed by atoms with E-state index < -0.39 is 0 Å². The minimum absolute atomic E-state index is 0.0924. The molecule has 2 aromatic heterocycles. The average Bonchev–Trinajstić information content (AvgIpc) is 3.35. The molecule has 132 valence electrons. The van der Waals surface area contributed by atoms with Crippen LogP contribution in [0.15, 0.2) is 5.38 Å². The number of aryl methyl sites for hydroxylation is 1. The lowest BCUT2D eigenvalue weighted by atomic mass is 10.1. The third kappa shape index (κ3) is 3.44. The monoisotopic (exact) mass is 378 g/mol. The maximum atomic E-state index is 12.8. The van der Waals surface area contributed by atoms with Gasteiger partial charge >= 0.3 is 0 Å². The van der Waals surface area contributed by atoms with E-state index in [1.165, 1.54) is 16.2 Å². The van der Waals surface area contributed by atoms with E-state index in [0.717, 1.165) is 55.8 Å². The van der Waals surface area contributed by atoms with Crippen LogP contribution in [-0.4, -0.2) is 40.7 Å². The van der Waals surface area contributed by atoms with Crippen molar-refractivity contribution >= 4 is 39.7 Å². The molecule has 0 radical (unpaired) electrons. The van der Waals surface area contributed by atoms with Gasteiger partial charge in [-0.1, -0.05) is 4.49 Å². The van der Waals surface area contributed by atoms with E-state index in [9.17, 15) is 9.59 Å². The van der Waals surface area contributed by atoms with Gasteiger partial charge in [0.25, 0.3) is 11.8 Å². The summed E-state index contributed by atoms with van der Waals surface area (Å²) in [5, 5.41) is 11.8. The number of hydrogen-bond donors (Lipinski definition) is 2. The lowest BCUT2D eigenvalue weighted by molar-refractivity contribution is 0.0858. The number of nitrogens with one attached hydrogen (secondary N) is 2. The average molecular weight is 378 g/mol. The minimum Gasteiger partial charge on any atom is -0.376 e. The molecule has 1 fully saturated rings. The van der Waals surface area contributed by atoms with Crippen molar-refractivity contribution < 1.29 is 14.3 Å². The van der Waals surface area contributed by atoms with Crippen LogP contribution >= 0.6 is 22.9 Å². The van der Waals surface area contributed by atoms with E-state index in [0.29, 0.717) is 17.1 Å². The number of anilines is 1. The molecule has 1 aliphatic carbocycles. The molecule has 2 aromatic rings. The van der Waals surface area contributed by atoms with Crippen LogP contribution in [0.5, 0.6) is 0 Å². The third-order valence-electron chi connectivity index (χ3n) is 4.48. The zero-order valence-electron chi connectivity index (χ0n) is 13.5. The Balaban J connectivity index is 1.53. The van der Waals surface area contributed by atoms with Crippen LogP contribution in [0.4, 0.5) is 5.00 Å². The number of fused-ring (bicyclic) bond motifs is 1. The van der Waals surface area contributed by atoms with E-state index in [-0.39, 0.29) is 23.6 Å². The first-order chi connectivity index (χ1) is 12.2. The molecule has 0 bridgehead atoms. The van der Waals surface area contributed by atoms with E-state index in [1.807, 2.05) is 0 Å². The first-order valence-corrected chi connectivity index (χ1v) is 10.0. The van der Waals surface area contributed by atoms with Crippen LogP contribution in [0, 0.1) is 0 Å². The molecular weight excluding hydrogens is 360 g/mol. The van der Waals surface area contributed by atoms with E-state index in [4.69, 9.17) is 4.74 Å². The van der Waals surface area contributed by atoms with Gasteiger partial charge in [0.2, 0.25) is 0 Å². The predicted octanol–water partition coefficient (Wildman–Crippen LogP) is 2.25. The van der Waals surface area contributed by atoms with Gasteiger partial charge in [-0.2, -0.15) is 0 Å². The fourth-order valence-electron chi connectivity index (χ4n) is 3.26. The summed E-state index contributed by atoms with van der Waals surface area (Å²) in [6.45, 7) is 1.27. The largest absolute Gasteiger partial charge is 0.376 e. The van der Waals surface area contributed by atoms with Gasteiger partial charge in [0.05, 0.1) is 11.7 Å². The first-order valence-electron chi connectivity index (χ1n) is 8.35. The normalized spacial score (nSPS) is 19.0. The van der Waals surface area contributed by atoms with Crippen LogP contribution in [0.1, 0.15) is 50.5 Å². The highest BCUT2D eigenvalue weighted by atomic mass is 32.1. The van der Waals surface area contributed by atoms with E-state index in [2.05, 4.69) is 20.2 Å². The van der Waals surface area contributed by atoms with Crippen LogP contribution in [0.3, 0.4) is 0 Å². The quantitative estimate of drug-likeness (QED) is 0.832. The Morgan fingerprint density at radius 3 is 2.96 bits per heavy atom. The maximum absolute atomic E-state index is 12.8. The molecule has 1 atom stereocenters. The second kappa shape index (κ2) is 7.19. The number of amides is 2. The maximum Gasteiger partial charge on any atom is 0.277 e. The number of carbonyl (C=O) groups is 2. The highest BCUT2D eigenvalue weighted by Crippen LogP contribution is 2.39. The molecule has 0 saturated carbocycles. The summed E-state index contributed by atoms with van der Waals surface area (Å²) in [6.07, 6.45) is 5.00. The van der Waals surface area contributed by atoms with Crippen molar-refractivity contribution in [2.24, 2.45) is 0 Å². The van der Waals surface area contributed by atoms with Gasteiger partial charge in [0.1, 0.15) is 5.00 Å². The first kappa shape index (κ1) is 16.6. The van der Waals surface area contributed by atoms with Crippen molar-refractivity contribution in [1.29, 1.82) is 0 Å². The molecule has 9 heteroatoms. The lowest BCUT2D eigenvalue weighted by Crippen LogP contribution is -2.32. The summed E-state index contributed by atoms with van der Waals surface area (Å²) in [7, 11) is 0. The summed E-state index contributed by atoms with van der Waals surface area (Å²) >= 11 is 2.62. The van der Waals surface area contributed by atoms with Gasteiger partial charge in [-0.25, -0.2) is 0 Å². The van der Waals surface area contributed by atoms with Crippen LogP contribution < -0.4 is 10.6 Å². The Morgan fingerprint density at radius 1 is 1.28 bits per heavy atom. The van der Waals surface area contributed by atoms with Crippen molar-refractivity contribution in [3.8, 4) is 0 Å². The van der Waals surface area contributed by atoms with Gasteiger partial charge in [-0.15, -0.1) is 16.4 Å². The SMILES string of the molecule is O=C(Nc1sc2c(c1C(=O)NCC1CCCO1)CCC2)c1csnn1. The van der Waals surface area contributed by atoms with Gasteiger partial charge in [-0.3, -0.25) is 9.59 Å². The second-order valence-electron chi connectivity index (χ2n) is 6.15. The molecule has 25 heavy (non-hydrogen) atoms. The Labute approximate surface area is 152 Å². The number of rotatable bonds is 5. The van der Waals surface area contributed by atoms with Crippen molar-refractivity contribution in [2.75, 3.05) is 18.5 Å². The van der Waals surface area contributed by atoms with Gasteiger partial charge < -0.3 is 15.4 Å². The highest BCUT2D eigenvalue weighted by molar-refractivity contribution is 7.17. The molecule has 7 nitrogen and oxygen atoms in total. The summed E-state index contributed by atoms with van der Waals surface area (Å²) in [5.41, 5.74) is 1.94. The smallest absolute Gasteiger partial charge is 0.277 e. The van der Waals surface area contributed by atoms with Crippen molar-refractivity contribution in [1.82, 2.24) is 14.9 Å². The number of carbonyl (C=O) groups excluding carboxylic acids is 2. The zero-order chi connectivity index (χ0) is 17.2. The van der Waals surface area contributed by atoms with E-state index in [1.54, 1.807) is 5.38 Å². The Hall–Kier alpha value is -1.84. The van der Waals surface area contributed by atoms with Crippen LogP contribution in [0.25, 0.3) is 0 Å². The second-order valence-corrected chi connectivity index (χ2v) is 7.87. The molecule has 0 aromatic carbocycles. The summed E-state index contributed by atoms with van der Waals surface area (Å²) in [5.74, 6) is -0.469. The van der Waals surface area contributed by atoms with Gasteiger partial charge in [0, 0.05) is 23.4 Å². The Morgan fingerprint density at radius 2 is 2.20 bits per heavy atom. The lowest BCUT2D eigenvalue weighted by Gasteiger charge is -2.12. The molecule has 1 aliphatic heterocycles. The number of thiophene rings is 1. The Bertz CT molecular complexity index is 782. The zero-order valence-corrected chi connectivity index (χ0v) is 15.2. The van der Waals surface area contributed by atoms with E-state index >= 15 is 0 Å². The molecule has 2 aliphatic rings. The standard InChI is InChI=1S/C16H18N4O3S2/c21-14(11-8-24-20-19-11)18-16-13(10-4-1-5-12(10)25-16)15(22)17-7-9-3-2-6-23-9/h8-9H,1-7H2,(H,17,22)(H,18,21). The minimum atomic E-state index is -0.332. The van der Waals surface area contributed by atoms with Crippen molar-refractivity contribution in [3.05, 3.63) is 27.1 Å². The summed E-state index contributed by atoms with van der Waals surface area (Å²) in [4.78, 5) is 26.3. The fraction of sp³-hybridized carbons (Fsp3) is 0.500. The van der Waals surface area contributed by atoms with Crippen molar-refractivity contribution in [2.45, 2.75) is 38.2 Å².